The zero-order chi connectivity index (χ0) is 18.1. The third-order valence-electron chi connectivity index (χ3n) is 5.76. The highest BCUT2D eigenvalue weighted by Crippen LogP contribution is 2.34. The average molecular weight is 378 g/mol. The van der Waals surface area contributed by atoms with Crippen LogP contribution in [0.15, 0.2) is 6.07 Å². The zero-order valence-electron chi connectivity index (χ0n) is 15.4. The van der Waals surface area contributed by atoms with E-state index in [0.29, 0.717) is 32.2 Å². The van der Waals surface area contributed by atoms with Gasteiger partial charge in [0.25, 0.3) is 5.91 Å². The van der Waals surface area contributed by atoms with Crippen molar-refractivity contribution in [1.29, 1.82) is 0 Å². The summed E-state index contributed by atoms with van der Waals surface area (Å²) >= 11 is 1.62. The highest BCUT2D eigenvalue weighted by atomic mass is 32.1. The molecule has 3 aliphatic rings. The zero-order valence-corrected chi connectivity index (χ0v) is 16.2. The Labute approximate surface area is 158 Å². The van der Waals surface area contributed by atoms with Crippen molar-refractivity contribution >= 4 is 23.2 Å². The van der Waals surface area contributed by atoms with Crippen molar-refractivity contribution in [1.82, 2.24) is 14.7 Å². The first-order chi connectivity index (χ1) is 12.6. The Morgan fingerprint density at radius 3 is 2.54 bits per heavy atom. The van der Waals surface area contributed by atoms with E-state index < -0.39 is 0 Å². The van der Waals surface area contributed by atoms with Crippen molar-refractivity contribution in [3.05, 3.63) is 21.4 Å². The van der Waals surface area contributed by atoms with Crippen molar-refractivity contribution in [2.75, 3.05) is 59.5 Å². The maximum atomic E-state index is 12.9. The minimum Gasteiger partial charge on any atom is -0.378 e. The van der Waals surface area contributed by atoms with E-state index >= 15 is 0 Å². The average Bonchev–Trinajstić information content (AvgIpc) is 3.11. The second-order valence-corrected chi connectivity index (χ2v) is 8.67. The fourth-order valence-corrected chi connectivity index (χ4v) is 5.22. The number of rotatable bonds is 2. The van der Waals surface area contributed by atoms with E-state index in [0.717, 1.165) is 50.3 Å². The molecule has 0 radical (unpaired) electrons. The summed E-state index contributed by atoms with van der Waals surface area (Å²) in [5.41, 5.74) is 1.21. The molecule has 1 aliphatic carbocycles. The smallest absolute Gasteiger partial charge is 0.264 e. The summed E-state index contributed by atoms with van der Waals surface area (Å²) in [7, 11) is 2.10. The minimum atomic E-state index is 0.0758. The van der Waals surface area contributed by atoms with Gasteiger partial charge in [0.15, 0.2) is 0 Å². The molecule has 2 saturated heterocycles. The van der Waals surface area contributed by atoms with E-state index in [-0.39, 0.29) is 11.8 Å². The molecule has 4 rings (SSSR count). The highest BCUT2D eigenvalue weighted by molar-refractivity contribution is 7.14. The molecular formula is C19H27N3O3S. The molecule has 2 aliphatic heterocycles. The van der Waals surface area contributed by atoms with Gasteiger partial charge in [0.1, 0.15) is 0 Å². The van der Waals surface area contributed by atoms with Gasteiger partial charge < -0.3 is 19.4 Å². The van der Waals surface area contributed by atoms with Gasteiger partial charge in [0.05, 0.1) is 18.1 Å². The molecule has 0 spiro atoms. The van der Waals surface area contributed by atoms with Crippen molar-refractivity contribution in [2.45, 2.75) is 19.3 Å². The molecule has 142 valence electrons. The van der Waals surface area contributed by atoms with Crippen molar-refractivity contribution in [2.24, 2.45) is 5.92 Å². The van der Waals surface area contributed by atoms with Gasteiger partial charge in [-0.3, -0.25) is 9.59 Å². The second-order valence-electron chi connectivity index (χ2n) is 7.53. The van der Waals surface area contributed by atoms with Gasteiger partial charge in [-0.15, -0.1) is 11.3 Å². The van der Waals surface area contributed by atoms with Gasteiger partial charge in [-0.05, 0) is 37.9 Å². The molecule has 26 heavy (non-hydrogen) atoms. The molecule has 0 saturated carbocycles. The normalized spacial score (nSPS) is 24.4. The number of amides is 2. The van der Waals surface area contributed by atoms with Gasteiger partial charge in [-0.25, -0.2) is 0 Å². The summed E-state index contributed by atoms with van der Waals surface area (Å²) < 4.78 is 5.34. The Balaban J connectivity index is 1.41. The standard InChI is InChI=1S/C19H27N3O3S/c1-20-4-6-21(7-5-20)18(23)14-2-3-16-15(12-14)13-17(26-16)19(24)22-8-10-25-11-9-22/h13-14H,2-12H2,1H3/t14-/m0/s1. The number of fused-ring (bicyclic) bond motifs is 1. The van der Waals surface area contributed by atoms with E-state index in [9.17, 15) is 9.59 Å². The number of hydrogen-bond acceptors (Lipinski definition) is 5. The van der Waals surface area contributed by atoms with E-state index in [1.54, 1.807) is 11.3 Å². The maximum absolute atomic E-state index is 12.9. The van der Waals surface area contributed by atoms with Crippen LogP contribution in [0.4, 0.5) is 0 Å². The Bertz CT molecular complexity index is 676. The molecule has 0 N–H and O–H groups in total. The molecule has 0 unspecified atom stereocenters. The summed E-state index contributed by atoms with van der Waals surface area (Å²) in [5.74, 6) is 0.498. The SMILES string of the molecule is CN1CCN(C(=O)[C@H]2CCc3sc(C(=O)N4CCOCC4)cc3C2)CC1. The molecule has 0 aromatic carbocycles. The van der Waals surface area contributed by atoms with Crippen molar-refractivity contribution in [3.63, 3.8) is 0 Å². The second kappa shape index (κ2) is 7.66. The summed E-state index contributed by atoms with van der Waals surface area (Å²) in [6, 6.07) is 2.04. The number of likely N-dealkylation sites (N-methyl/N-ethyl adjacent to an activating group) is 1. The van der Waals surface area contributed by atoms with E-state index in [4.69, 9.17) is 4.74 Å². The molecule has 1 aromatic rings. The Morgan fingerprint density at radius 1 is 1.08 bits per heavy atom. The lowest BCUT2D eigenvalue weighted by Gasteiger charge is -2.35. The third-order valence-corrected chi connectivity index (χ3v) is 6.98. The number of thiophene rings is 1. The number of morpholine rings is 1. The molecule has 6 nitrogen and oxygen atoms in total. The van der Waals surface area contributed by atoms with Crippen LogP contribution >= 0.6 is 11.3 Å². The number of carbonyl (C=O) groups is 2. The summed E-state index contributed by atoms with van der Waals surface area (Å²) in [4.78, 5) is 33.9. The Morgan fingerprint density at radius 2 is 1.81 bits per heavy atom. The summed E-state index contributed by atoms with van der Waals surface area (Å²) in [6.07, 6.45) is 2.61. The van der Waals surface area contributed by atoms with Crippen LogP contribution in [0.25, 0.3) is 0 Å². The van der Waals surface area contributed by atoms with Gasteiger partial charge in [-0.2, -0.15) is 0 Å². The Kier molecular flexibility index (Phi) is 5.29. The molecule has 2 amide bonds. The molecule has 1 aromatic heterocycles. The van der Waals surface area contributed by atoms with Gasteiger partial charge >= 0.3 is 0 Å². The molecule has 3 heterocycles. The van der Waals surface area contributed by atoms with Crippen LogP contribution < -0.4 is 0 Å². The first-order valence-corrected chi connectivity index (χ1v) is 10.4. The number of piperazine rings is 1. The molecule has 7 heteroatoms. The maximum Gasteiger partial charge on any atom is 0.264 e. The van der Waals surface area contributed by atoms with E-state index in [2.05, 4.69) is 11.9 Å². The summed E-state index contributed by atoms with van der Waals surface area (Å²) in [5, 5.41) is 0. The lowest BCUT2D eigenvalue weighted by atomic mass is 9.87. The predicted molar refractivity (Wildman–Crippen MR) is 101 cm³/mol. The third kappa shape index (κ3) is 3.66. The van der Waals surface area contributed by atoms with E-state index in [1.807, 2.05) is 15.9 Å². The fraction of sp³-hybridized carbons (Fsp3) is 0.684. The first-order valence-electron chi connectivity index (χ1n) is 9.58. The first kappa shape index (κ1) is 17.9. The van der Waals surface area contributed by atoms with Gasteiger partial charge in [0, 0.05) is 50.1 Å². The topological polar surface area (TPSA) is 53.1 Å². The van der Waals surface area contributed by atoms with Crippen LogP contribution in [0.5, 0.6) is 0 Å². The van der Waals surface area contributed by atoms with Crippen LogP contribution in [-0.2, 0) is 22.4 Å². The lowest BCUT2D eigenvalue weighted by molar-refractivity contribution is -0.137. The van der Waals surface area contributed by atoms with Crippen LogP contribution in [0.1, 0.15) is 26.5 Å². The van der Waals surface area contributed by atoms with Crippen molar-refractivity contribution < 1.29 is 14.3 Å². The largest absolute Gasteiger partial charge is 0.378 e. The van der Waals surface area contributed by atoms with Crippen LogP contribution in [-0.4, -0.2) is 86.0 Å². The molecule has 1 atom stereocenters. The predicted octanol–water partition coefficient (Wildman–Crippen LogP) is 1.10. The van der Waals surface area contributed by atoms with E-state index in [1.165, 1.54) is 10.4 Å². The molecule has 0 bridgehead atoms. The monoisotopic (exact) mass is 377 g/mol. The minimum absolute atomic E-state index is 0.0758. The number of carbonyl (C=O) groups excluding carboxylic acids is 2. The quantitative estimate of drug-likeness (QED) is 0.775. The number of aryl methyl sites for hydroxylation is 1. The lowest BCUT2D eigenvalue weighted by Crippen LogP contribution is -2.49. The fourth-order valence-electron chi connectivity index (χ4n) is 4.05. The number of nitrogens with zero attached hydrogens (tertiary/aromatic N) is 3. The molecule has 2 fully saturated rings. The van der Waals surface area contributed by atoms with Crippen LogP contribution in [0, 0.1) is 5.92 Å². The molecular weight excluding hydrogens is 350 g/mol. The van der Waals surface area contributed by atoms with Gasteiger partial charge in [0.2, 0.25) is 5.91 Å². The summed E-state index contributed by atoms with van der Waals surface area (Å²) in [6.45, 7) is 6.18. The van der Waals surface area contributed by atoms with Crippen LogP contribution in [0.3, 0.4) is 0 Å². The van der Waals surface area contributed by atoms with Crippen LogP contribution in [0.2, 0.25) is 0 Å². The van der Waals surface area contributed by atoms with Gasteiger partial charge in [-0.1, -0.05) is 0 Å². The highest BCUT2D eigenvalue weighted by Gasteiger charge is 2.32. The van der Waals surface area contributed by atoms with Crippen molar-refractivity contribution in [3.8, 4) is 0 Å². The number of ether oxygens (including phenoxy) is 1. The number of hydrogen-bond donors (Lipinski definition) is 0. The Hall–Kier alpha value is -1.44.